The molecule has 0 aliphatic heterocycles. The van der Waals surface area contributed by atoms with Crippen LogP contribution in [0.25, 0.3) is 0 Å². The van der Waals surface area contributed by atoms with Crippen LogP contribution in [0, 0.1) is 26.7 Å². The molecular weight excluding hydrogens is 310 g/mol. The Kier molecular flexibility index (Phi) is 4.17. The third-order valence-corrected chi connectivity index (χ3v) is 4.73. The van der Waals surface area contributed by atoms with E-state index in [0.29, 0.717) is 10.0 Å². The van der Waals surface area contributed by atoms with Gasteiger partial charge >= 0.3 is 0 Å². The SMILES string of the molecule is Cc1cc(C)c(NC(=O)c2cnc(NC(=O)C3CC3)s2)c(C)c1. The lowest BCUT2D eigenvalue weighted by Gasteiger charge is -2.11. The molecule has 0 radical (unpaired) electrons. The van der Waals surface area contributed by atoms with Crippen LogP contribution in [0.4, 0.5) is 10.8 Å². The van der Waals surface area contributed by atoms with E-state index < -0.39 is 0 Å². The number of nitrogens with zero attached hydrogens (tertiary/aromatic N) is 1. The van der Waals surface area contributed by atoms with Gasteiger partial charge in [0, 0.05) is 11.6 Å². The highest BCUT2D eigenvalue weighted by Crippen LogP contribution is 2.31. The number of amides is 2. The van der Waals surface area contributed by atoms with Crippen molar-refractivity contribution in [2.45, 2.75) is 33.6 Å². The van der Waals surface area contributed by atoms with Gasteiger partial charge in [-0.2, -0.15) is 0 Å². The van der Waals surface area contributed by atoms with Gasteiger partial charge in [-0.1, -0.05) is 29.0 Å². The van der Waals surface area contributed by atoms with Gasteiger partial charge in [0.15, 0.2) is 5.13 Å². The van der Waals surface area contributed by atoms with Crippen LogP contribution in [0.3, 0.4) is 0 Å². The van der Waals surface area contributed by atoms with E-state index in [1.807, 2.05) is 32.9 Å². The van der Waals surface area contributed by atoms with E-state index >= 15 is 0 Å². The largest absolute Gasteiger partial charge is 0.321 e. The maximum absolute atomic E-state index is 12.4. The van der Waals surface area contributed by atoms with E-state index in [4.69, 9.17) is 0 Å². The van der Waals surface area contributed by atoms with Gasteiger partial charge in [0.2, 0.25) is 5.91 Å². The van der Waals surface area contributed by atoms with Crippen molar-refractivity contribution >= 4 is 34.0 Å². The monoisotopic (exact) mass is 329 g/mol. The van der Waals surface area contributed by atoms with Crippen molar-refractivity contribution < 1.29 is 9.59 Å². The molecule has 0 atom stereocenters. The van der Waals surface area contributed by atoms with Crippen LogP contribution in [0.15, 0.2) is 18.3 Å². The average molecular weight is 329 g/mol. The molecule has 1 saturated carbocycles. The van der Waals surface area contributed by atoms with E-state index in [2.05, 4.69) is 15.6 Å². The predicted molar refractivity (Wildman–Crippen MR) is 92.1 cm³/mol. The third kappa shape index (κ3) is 3.59. The second-order valence-electron chi connectivity index (χ2n) is 6.02. The summed E-state index contributed by atoms with van der Waals surface area (Å²) in [4.78, 5) is 28.7. The summed E-state index contributed by atoms with van der Waals surface area (Å²) in [5.41, 5.74) is 4.06. The van der Waals surface area contributed by atoms with Gasteiger partial charge in [0.05, 0.1) is 6.20 Å². The zero-order valence-corrected chi connectivity index (χ0v) is 14.2. The molecule has 1 aliphatic carbocycles. The molecule has 2 N–H and O–H groups in total. The summed E-state index contributed by atoms with van der Waals surface area (Å²) < 4.78 is 0. The molecule has 1 heterocycles. The molecule has 0 bridgehead atoms. The summed E-state index contributed by atoms with van der Waals surface area (Å²) >= 11 is 1.19. The Bertz CT molecular complexity index is 755. The first-order valence-corrected chi connectivity index (χ1v) is 8.41. The maximum atomic E-state index is 12.4. The molecule has 0 spiro atoms. The maximum Gasteiger partial charge on any atom is 0.267 e. The summed E-state index contributed by atoms with van der Waals surface area (Å²) in [6.07, 6.45) is 3.38. The van der Waals surface area contributed by atoms with Gasteiger partial charge in [0.25, 0.3) is 5.91 Å². The molecule has 6 heteroatoms. The molecule has 5 nitrogen and oxygen atoms in total. The Morgan fingerprint density at radius 1 is 1.13 bits per heavy atom. The number of carbonyl (C=O) groups is 2. The summed E-state index contributed by atoms with van der Waals surface area (Å²) in [7, 11) is 0. The van der Waals surface area contributed by atoms with E-state index in [1.165, 1.54) is 23.1 Å². The number of benzene rings is 1. The number of rotatable bonds is 4. The van der Waals surface area contributed by atoms with Crippen molar-refractivity contribution in [3.8, 4) is 0 Å². The molecule has 1 fully saturated rings. The fraction of sp³-hybridized carbons (Fsp3) is 0.353. The normalized spacial score (nSPS) is 13.7. The molecule has 2 aromatic rings. The molecule has 3 rings (SSSR count). The third-order valence-electron chi connectivity index (χ3n) is 3.82. The second-order valence-corrected chi connectivity index (χ2v) is 7.05. The molecule has 0 unspecified atom stereocenters. The number of anilines is 2. The van der Waals surface area contributed by atoms with Gasteiger partial charge in [-0.05, 0) is 44.7 Å². The minimum Gasteiger partial charge on any atom is -0.321 e. The predicted octanol–water partition coefficient (Wildman–Crippen LogP) is 3.67. The van der Waals surface area contributed by atoms with E-state index in [0.717, 1.165) is 29.7 Å². The molecule has 23 heavy (non-hydrogen) atoms. The van der Waals surface area contributed by atoms with Gasteiger partial charge in [0.1, 0.15) is 4.88 Å². The lowest BCUT2D eigenvalue weighted by molar-refractivity contribution is -0.117. The Hall–Kier alpha value is -2.21. The van der Waals surface area contributed by atoms with Crippen LogP contribution in [-0.2, 0) is 4.79 Å². The number of carbonyl (C=O) groups excluding carboxylic acids is 2. The van der Waals surface area contributed by atoms with E-state index in [-0.39, 0.29) is 17.7 Å². The molecule has 1 aromatic carbocycles. The lowest BCUT2D eigenvalue weighted by Crippen LogP contribution is -2.13. The first-order chi connectivity index (χ1) is 10.9. The first kappa shape index (κ1) is 15.7. The molecule has 1 aromatic heterocycles. The fourth-order valence-electron chi connectivity index (χ4n) is 2.54. The van der Waals surface area contributed by atoms with Crippen molar-refractivity contribution in [2.24, 2.45) is 5.92 Å². The van der Waals surface area contributed by atoms with Crippen LogP contribution in [0.5, 0.6) is 0 Å². The van der Waals surface area contributed by atoms with Crippen LogP contribution in [-0.4, -0.2) is 16.8 Å². The molecule has 1 aliphatic rings. The second kappa shape index (κ2) is 6.12. The Morgan fingerprint density at radius 2 is 1.78 bits per heavy atom. The molecular formula is C17H19N3O2S. The number of hydrogen-bond donors (Lipinski definition) is 2. The van der Waals surface area contributed by atoms with Crippen molar-refractivity contribution in [3.05, 3.63) is 39.9 Å². The minimum absolute atomic E-state index is 0.00321. The highest BCUT2D eigenvalue weighted by molar-refractivity contribution is 7.17. The van der Waals surface area contributed by atoms with Crippen molar-refractivity contribution in [1.29, 1.82) is 0 Å². The molecule has 120 valence electrons. The van der Waals surface area contributed by atoms with Crippen LogP contribution in [0.1, 0.15) is 39.2 Å². The fourth-order valence-corrected chi connectivity index (χ4v) is 3.26. The van der Waals surface area contributed by atoms with Crippen LogP contribution in [0.2, 0.25) is 0 Å². The molecule has 0 saturated heterocycles. The summed E-state index contributed by atoms with van der Waals surface area (Å²) in [5.74, 6) is -0.0879. The Balaban J connectivity index is 1.71. The smallest absolute Gasteiger partial charge is 0.267 e. The van der Waals surface area contributed by atoms with Gasteiger partial charge in [-0.15, -0.1) is 0 Å². The zero-order chi connectivity index (χ0) is 16.6. The van der Waals surface area contributed by atoms with Gasteiger partial charge in [-0.25, -0.2) is 4.98 Å². The summed E-state index contributed by atoms with van der Waals surface area (Å²) in [6, 6.07) is 4.08. The number of hydrogen-bond acceptors (Lipinski definition) is 4. The van der Waals surface area contributed by atoms with Crippen LogP contribution >= 0.6 is 11.3 Å². The van der Waals surface area contributed by atoms with E-state index in [1.54, 1.807) is 0 Å². The summed E-state index contributed by atoms with van der Waals surface area (Å²) in [6.45, 7) is 5.98. The van der Waals surface area contributed by atoms with Crippen molar-refractivity contribution in [2.75, 3.05) is 10.6 Å². The zero-order valence-electron chi connectivity index (χ0n) is 13.4. The lowest BCUT2D eigenvalue weighted by atomic mass is 10.1. The van der Waals surface area contributed by atoms with E-state index in [9.17, 15) is 9.59 Å². The number of aromatic nitrogens is 1. The number of nitrogens with one attached hydrogen (secondary N) is 2. The van der Waals surface area contributed by atoms with Crippen molar-refractivity contribution in [1.82, 2.24) is 4.98 Å². The van der Waals surface area contributed by atoms with Gasteiger partial charge < -0.3 is 10.6 Å². The summed E-state index contributed by atoms with van der Waals surface area (Å²) in [5, 5.41) is 6.18. The average Bonchev–Trinajstić information content (AvgIpc) is 3.23. The first-order valence-electron chi connectivity index (χ1n) is 7.60. The number of aryl methyl sites for hydroxylation is 3. The topological polar surface area (TPSA) is 71.1 Å². The van der Waals surface area contributed by atoms with Crippen LogP contribution < -0.4 is 10.6 Å². The number of thiazole rings is 1. The minimum atomic E-state index is -0.204. The Labute approximate surface area is 139 Å². The highest BCUT2D eigenvalue weighted by atomic mass is 32.1. The highest BCUT2D eigenvalue weighted by Gasteiger charge is 2.30. The standard InChI is InChI=1S/C17H19N3O2S/c1-9-6-10(2)14(11(3)7-9)19-16(22)13-8-18-17(23-13)20-15(21)12-4-5-12/h6-8,12H,4-5H2,1-3H3,(H,19,22)(H,18,20,21). The van der Waals surface area contributed by atoms with Gasteiger partial charge in [-0.3, -0.25) is 9.59 Å². The van der Waals surface area contributed by atoms with Crippen molar-refractivity contribution in [3.63, 3.8) is 0 Å². The Morgan fingerprint density at radius 3 is 2.39 bits per heavy atom. The quantitative estimate of drug-likeness (QED) is 0.899. The molecule has 2 amide bonds.